The summed E-state index contributed by atoms with van der Waals surface area (Å²) >= 11 is 0. The summed E-state index contributed by atoms with van der Waals surface area (Å²) in [5, 5.41) is 1.44. The van der Waals surface area contributed by atoms with Gasteiger partial charge in [0.1, 0.15) is 5.82 Å². The minimum absolute atomic E-state index is 0.124. The number of anilines is 2. The van der Waals surface area contributed by atoms with Crippen LogP contribution in [0.4, 0.5) is 15.9 Å². The number of pyridine rings is 2. The van der Waals surface area contributed by atoms with Gasteiger partial charge in [0, 0.05) is 61.1 Å². The fourth-order valence-electron chi connectivity index (χ4n) is 5.21. The summed E-state index contributed by atoms with van der Waals surface area (Å²) in [5.41, 5.74) is 10.7. The van der Waals surface area contributed by atoms with Crippen LogP contribution in [-0.2, 0) is 0 Å². The highest BCUT2D eigenvalue weighted by Crippen LogP contribution is 2.34. The van der Waals surface area contributed by atoms with Crippen molar-refractivity contribution in [2.75, 3.05) is 43.4 Å². The molecule has 0 radical (unpaired) electrons. The molecule has 6 nitrogen and oxygen atoms in total. The van der Waals surface area contributed by atoms with Gasteiger partial charge in [-0.05, 0) is 78.1 Å². The van der Waals surface area contributed by atoms with Crippen LogP contribution < -0.4 is 16.2 Å². The summed E-state index contributed by atoms with van der Waals surface area (Å²) in [6, 6.07) is 15.3. The molecule has 0 spiro atoms. The Morgan fingerprint density at radius 3 is 2.42 bits per heavy atom. The molecule has 3 heterocycles. The third-order valence-electron chi connectivity index (χ3n) is 7.55. The van der Waals surface area contributed by atoms with Crippen LogP contribution in [0.5, 0.6) is 0 Å². The second-order valence-corrected chi connectivity index (χ2v) is 10.1. The van der Waals surface area contributed by atoms with Crippen molar-refractivity contribution in [3.05, 3.63) is 76.6 Å². The van der Waals surface area contributed by atoms with Gasteiger partial charge in [-0.25, -0.2) is 4.98 Å². The van der Waals surface area contributed by atoms with Gasteiger partial charge in [0.15, 0.2) is 0 Å². The molecule has 6 rings (SSSR count). The number of rotatable bonds is 5. The third-order valence-corrected chi connectivity index (χ3v) is 7.55. The molecule has 4 aromatic rings. The molecule has 0 atom stereocenters. The van der Waals surface area contributed by atoms with Gasteiger partial charge in [-0.1, -0.05) is 18.2 Å². The van der Waals surface area contributed by atoms with Crippen LogP contribution in [0, 0.1) is 18.8 Å². The molecule has 0 unspecified atom stereocenters. The van der Waals surface area contributed by atoms with E-state index >= 15 is 0 Å². The number of hydrogen-bond acceptors (Lipinski definition) is 5. The summed E-state index contributed by atoms with van der Waals surface area (Å²) in [6.07, 6.45) is 4.47. The molecule has 1 aliphatic heterocycles. The molecule has 1 saturated carbocycles. The van der Waals surface area contributed by atoms with Gasteiger partial charge < -0.3 is 15.6 Å². The molecule has 7 heteroatoms. The first-order chi connectivity index (χ1) is 17.5. The first-order valence-electron chi connectivity index (χ1n) is 12.6. The maximum atomic E-state index is 15.0. The van der Waals surface area contributed by atoms with Gasteiger partial charge in [0.25, 0.3) is 5.56 Å². The minimum atomic E-state index is -0.592. The van der Waals surface area contributed by atoms with E-state index in [1.54, 1.807) is 18.3 Å². The number of nitrogen functional groups attached to an aromatic ring is 1. The van der Waals surface area contributed by atoms with Gasteiger partial charge in [-0.3, -0.25) is 9.69 Å². The number of fused-ring (bicyclic) bond motifs is 1. The van der Waals surface area contributed by atoms with Crippen molar-refractivity contribution < 1.29 is 4.39 Å². The summed E-state index contributed by atoms with van der Waals surface area (Å²) < 4.78 is 15.0. The molecule has 2 aliphatic rings. The van der Waals surface area contributed by atoms with E-state index in [1.807, 2.05) is 31.2 Å². The second kappa shape index (κ2) is 9.06. The zero-order valence-electron chi connectivity index (χ0n) is 20.4. The molecule has 3 N–H and O–H groups in total. The van der Waals surface area contributed by atoms with Crippen LogP contribution in [0.1, 0.15) is 18.4 Å². The van der Waals surface area contributed by atoms with Gasteiger partial charge >= 0.3 is 0 Å². The summed E-state index contributed by atoms with van der Waals surface area (Å²) in [4.78, 5) is 23.9. The largest absolute Gasteiger partial charge is 0.383 e. The lowest BCUT2D eigenvalue weighted by Crippen LogP contribution is -2.47. The second-order valence-electron chi connectivity index (χ2n) is 10.1. The lowest BCUT2D eigenvalue weighted by atomic mass is 9.97. The molecule has 2 fully saturated rings. The molecule has 1 aliphatic carbocycles. The minimum Gasteiger partial charge on any atom is -0.383 e. The Labute approximate surface area is 209 Å². The van der Waals surface area contributed by atoms with Crippen molar-refractivity contribution in [3.8, 4) is 22.3 Å². The zero-order valence-corrected chi connectivity index (χ0v) is 20.4. The van der Waals surface area contributed by atoms with E-state index < -0.39 is 5.95 Å². The average Bonchev–Trinajstić information content (AvgIpc) is 3.71. The standard InChI is InChI=1S/C29H30FN5O/c1-18-16-32-29(36)23-9-6-21(14-24(18)23)26-15-25(27(30)33-28(26)31)20-4-7-22(8-5-20)35-12-10-34(11-13-35)17-19-2-3-19/h4-9,14-16,19H,2-3,10-13,17H2,1H3,(H2,31,33)(H,32,36). The number of halogens is 1. The Kier molecular flexibility index (Phi) is 5.72. The monoisotopic (exact) mass is 483 g/mol. The molecule has 0 bridgehead atoms. The number of aromatic amines is 1. The SMILES string of the molecule is Cc1c[nH]c(=O)c2ccc(-c3cc(-c4ccc(N5CCN(CC6CC6)CC5)cc4)c(F)nc3N)cc12. The first-order valence-corrected chi connectivity index (χ1v) is 12.6. The van der Waals surface area contributed by atoms with Crippen molar-refractivity contribution in [2.45, 2.75) is 19.8 Å². The lowest BCUT2D eigenvalue weighted by Gasteiger charge is -2.36. The summed E-state index contributed by atoms with van der Waals surface area (Å²) in [5.74, 6) is 0.454. The number of nitrogens with one attached hydrogen (secondary N) is 1. The number of piperazine rings is 1. The van der Waals surface area contributed by atoms with E-state index in [0.717, 1.165) is 59.9 Å². The summed E-state index contributed by atoms with van der Waals surface area (Å²) in [7, 11) is 0. The van der Waals surface area contributed by atoms with E-state index in [1.165, 1.54) is 19.4 Å². The fourth-order valence-corrected chi connectivity index (χ4v) is 5.21. The van der Waals surface area contributed by atoms with Gasteiger partial charge in [-0.2, -0.15) is 4.39 Å². The highest BCUT2D eigenvalue weighted by atomic mass is 19.1. The van der Waals surface area contributed by atoms with Crippen molar-refractivity contribution in [3.63, 3.8) is 0 Å². The quantitative estimate of drug-likeness (QED) is 0.398. The zero-order chi connectivity index (χ0) is 24.8. The van der Waals surface area contributed by atoms with E-state index in [2.05, 4.69) is 31.9 Å². The van der Waals surface area contributed by atoms with Crippen molar-refractivity contribution in [1.82, 2.24) is 14.9 Å². The molecule has 1 saturated heterocycles. The van der Waals surface area contributed by atoms with E-state index in [4.69, 9.17) is 5.73 Å². The first kappa shape index (κ1) is 22.7. The summed E-state index contributed by atoms with van der Waals surface area (Å²) in [6.45, 7) is 7.39. The van der Waals surface area contributed by atoms with Crippen molar-refractivity contribution in [1.29, 1.82) is 0 Å². The normalized spacial score (nSPS) is 16.6. The number of nitrogens with zero attached hydrogens (tertiary/aromatic N) is 3. The van der Waals surface area contributed by atoms with Crippen LogP contribution in [0.2, 0.25) is 0 Å². The van der Waals surface area contributed by atoms with Crippen molar-refractivity contribution in [2.24, 2.45) is 5.92 Å². The van der Waals surface area contributed by atoms with Crippen LogP contribution in [0.15, 0.2) is 59.5 Å². The number of H-pyrrole nitrogens is 1. The highest BCUT2D eigenvalue weighted by Gasteiger charge is 2.26. The molecule has 36 heavy (non-hydrogen) atoms. The van der Waals surface area contributed by atoms with Crippen molar-refractivity contribution >= 4 is 22.3 Å². The average molecular weight is 484 g/mol. The van der Waals surface area contributed by atoms with E-state index in [9.17, 15) is 9.18 Å². The molecular weight excluding hydrogens is 453 g/mol. The van der Waals surface area contributed by atoms with Gasteiger partial charge in [0.05, 0.1) is 0 Å². The number of aryl methyl sites for hydroxylation is 1. The Balaban J connectivity index is 1.27. The van der Waals surface area contributed by atoms with E-state index in [0.29, 0.717) is 16.5 Å². The smallest absolute Gasteiger partial charge is 0.255 e. The molecule has 2 aromatic heterocycles. The van der Waals surface area contributed by atoms with Crippen LogP contribution in [0.25, 0.3) is 33.0 Å². The molecule has 0 amide bonds. The topological polar surface area (TPSA) is 78.2 Å². The van der Waals surface area contributed by atoms with Crippen LogP contribution in [-0.4, -0.2) is 47.6 Å². The maximum absolute atomic E-state index is 15.0. The number of hydrogen-bond donors (Lipinski definition) is 2. The number of aromatic nitrogens is 2. The Morgan fingerprint density at radius 2 is 1.69 bits per heavy atom. The maximum Gasteiger partial charge on any atom is 0.255 e. The van der Waals surface area contributed by atoms with Crippen LogP contribution in [0.3, 0.4) is 0 Å². The Hall–Kier alpha value is -3.71. The predicted molar refractivity (Wildman–Crippen MR) is 144 cm³/mol. The Bertz CT molecular complexity index is 1480. The molecule has 2 aromatic carbocycles. The highest BCUT2D eigenvalue weighted by molar-refractivity contribution is 5.91. The van der Waals surface area contributed by atoms with Crippen LogP contribution >= 0.6 is 0 Å². The molecular formula is C29H30FN5O. The number of nitrogens with two attached hydrogens (primary N) is 1. The fraction of sp³-hybridized carbons (Fsp3) is 0.310. The Morgan fingerprint density at radius 1 is 0.972 bits per heavy atom. The lowest BCUT2D eigenvalue weighted by molar-refractivity contribution is 0.248. The van der Waals surface area contributed by atoms with Gasteiger partial charge in [-0.15, -0.1) is 0 Å². The number of benzene rings is 2. The van der Waals surface area contributed by atoms with Gasteiger partial charge in [0.2, 0.25) is 5.95 Å². The third kappa shape index (κ3) is 4.35. The van der Waals surface area contributed by atoms with E-state index in [-0.39, 0.29) is 11.4 Å². The molecule has 184 valence electrons. The predicted octanol–water partition coefficient (Wildman–Crippen LogP) is 4.82.